The van der Waals surface area contributed by atoms with E-state index in [-0.39, 0.29) is 0 Å². The van der Waals surface area contributed by atoms with Crippen LogP contribution in [0.2, 0.25) is 0 Å². The van der Waals surface area contributed by atoms with Crippen molar-refractivity contribution in [1.29, 1.82) is 0 Å². The van der Waals surface area contributed by atoms with Gasteiger partial charge in [-0.1, -0.05) is 20.3 Å². The molecular weight excluding hydrogens is 196 g/mol. The van der Waals surface area contributed by atoms with E-state index in [4.69, 9.17) is 0 Å². The van der Waals surface area contributed by atoms with Gasteiger partial charge in [0.1, 0.15) is 0 Å². The van der Waals surface area contributed by atoms with Gasteiger partial charge in [-0.15, -0.1) is 0 Å². The first kappa shape index (κ1) is 12.4. The Morgan fingerprint density at radius 1 is 1.06 bits per heavy atom. The van der Waals surface area contributed by atoms with Crippen LogP contribution in [0.5, 0.6) is 0 Å². The normalized spacial score (nSPS) is 40.1. The van der Waals surface area contributed by atoms with Gasteiger partial charge in [-0.3, -0.25) is 5.43 Å². The van der Waals surface area contributed by atoms with Gasteiger partial charge >= 0.3 is 0 Å². The second-order valence-corrected chi connectivity index (χ2v) is 6.77. The maximum absolute atomic E-state index is 3.81. The van der Waals surface area contributed by atoms with Crippen molar-refractivity contribution in [3.8, 4) is 0 Å². The second kappa shape index (κ2) is 4.66. The summed E-state index contributed by atoms with van der Waals surface area (Å²) < 4.78 is 0. The van der Waals surface area contributed by atoms with Crippen LogP contribution in [0, 0.1) is 5.41 Å². The molecule has 1 heterocycles. The lowest BCUT2D eigenvalue weighted by Crippen LogP contribution is -2.55. The molecule has 1 saturated heterocycles. The summed E-state index contributed by atoms with van der Waals surface area (Å²) in [5.41, 5.74) is 4.36. The highest BCUT2D eigenvalue weighted by Gasteiger charge is 2.34. The van der Waals surface area contributed by atoms with Gasteiger partial charge in [0.15, 0.2) is 0 Å². The van der Waals surface area contributed by atoms with E-state index in [2.05, 4.69) is 38.1 Å². The number of hydrazine groups is 1. The monoisotopic (exact) mass is 224 g/mol. The van der Waals surface area contributed by atoms with E-state index in [1.54, 1.807) is 0 Å². The van der Waals surface area contributed by atoms with Crippen LogP contribution in [0.1, 0.15) is 66.2 Å². The fraction of sp³-hybridized carbons (Fsp3) is 1.00. The van der Waals surface area contributed by atoms with Gasteiger partial charge in [0, 0.05) is 18.1 Å². The van der Waals surface area contributed by atoms with Gasteiger partial charge < -0.3 is 0 Å². The molecule has 3 atom stereocenters. The lowest BCUT2D eigenvalue weighted by atomic mass is 9.92. The minimum Gasteiger partial charge on any atom is -0.252 e. The van der Waals surface area contributed by atoms with Crippen LogP contribution in [0.3, 0.4) is 0 Å². The van der Waals surface area contributed by atoms with Gasteiger partial charge in [0.25, 0.3) is 0 Å². The summed E-state index contributed by atoms with van der Waals surface area (Å²) >= 11 is 0. The van der Waals surface area contributed by atoms with E-state index >= 15 is 0 Å². The molecule has 2 rings (SSSR count). The molecule has 1 saturated carbocycles. The summed E-state index contributed by atoms with van der Waals surface area (Å²) in [4.78, 5) is 0. The topological polar surface area (TPSA) is 15.3 Å². The molecule has 1 N–H and O–H groups in total. The highest BCUT2D eigenvalue weighted by atomic mass is 15.5. The van der Waals surface area contributed by atoms with E-state index in [0.717, 1.165) is 6.04 Å². The number of nitrogens with one attached hydrogen (secondary N) is 1. The Balaban J connectivity index is 1.88. The van der Waals surface area contributed by atoms with E-state index in [9.17, 15) is 0 Å². The third-order valence-corrected chi connectivity index (χ3v) is 4.49. The molecule has 2 aliphatic rings. The second-order valence-electron chi connectivity index (χ2n) is 6.77. The molecule has 3 unspecified atom stereocenters. The summed E-state index contributed by atoms with van der Waals surface area (Å²) in [5.74, 6) is 0. The standard InChI is InChI=1S/C14H28N2/c1-11-6-5-7-12(2)16(11)15-13-8-9-14(3,4)10-13/h11-13,15H,5-10H2,1-4H3. The van der Waals surface area contributed by atoms with Crippen LogP contribution in [-0.2, 0) is 0 Å². The van der Waals surface area contributed by atoms with Crippen molar-refractivity contribution >= 4 is 0 Å². The molecule has 0 bridgehead atoms. The zero-order valence-corrected chi connectivity index (χ0v) is 11.4. The molecule has 16 heavy (non-hydrogen) atoms. The zero-order valence-electron chi connectivity index (χ0n) is 11.4. The van der Waals surface area contributed by atoms with E-state index in [1.165, 1.54) is 38.5 Å². The van der Waals surface area contributed by atoms with Gasteiger partial charge in [0.2, 0.25) is 0 Å². The predicted molar refractivity (Wildman–Crippen MR) is 69.2 cm³/mol. The van der Waals surface area contributed by atoms with Crippen molar-refractivity contribution in [3.05, 3.63) is 0 Å². The van der Waals surface area contributed by atoms with Crippen molar-refractivity contribution in [2.24, 2.45) is 5.41 Å². The van der Waals surface area contributed by atoms with Crippen molar-refractivity contribution in [3.63, 3.8) is 0 Å². The number of hydrogen-bond acceptors (Lipinski definition) is 2. The SMILES string of the molecule is CC1CCCC(C)N1NC1CCC(C)(C)C1. The van der Waals surface area contributed by atoms with Crippen molar-refractivity contribution in [2.45, 2.75) is 84.3 Å². The van der Waals surface area contributed by atoms with Crippen molar-refractivity contribution in [1.82, 2.24) is 10.4 Å². The predicted octanol–water partition coefficient (Wildman–Crippen LogP) is 3.33. The molecule has 2 nitrogen and oxygen atoms in total. The van der Waals surface area contributed by atoms with E-state index in [1.807, 2.05) is 0 Å². The summed E-state index contributed by atoms with van der Waals surface area (Å²) in [6.07, 6.45) is 8.17. The fourth-order valence-corrected chi connectivity index (χ4v) is 3.43. The molecule has 2 heteroatoms. The third kappa shape index (κ3) is 2.78. The van der Waals surface area contributed by atoms with Crippen molar-refractivity contribution < 1.29 is 0 Å². The molecule has 1 aliphatic carbocycles. The van der Waals surface area contributed by atoms with Crippen LogP contribution in [-0.4, -0.2) is 23.1 Å². The minimum absolute atomic E-state index is 0.555. The quantitative estimate of drug-likeness (QED) is 0.774. The molecule has 0 aromatic heterocycles. The Bertz CT molecular complexity index is 227. The molecule has 0 radical (unpaired) electrons. The summed E-state index contributed by atoms with van der Waals surface area (Å²) in [6, 6.07) is 2.15. The van der Waals surface area contributed by atoms with E-state index in [0.29, 0.717) is 17.5 Å². The molecule has 2 fully saturated rings. The number of hydrogen-bond donors (Lipinski definition) is 1. The minimum atomic E-state index is 0.555. The molecule has 0 spiro atoms. The maximum atomic E-state index is 3.81. The highest BCUT2D eigenvalue weighted by Crippen LogP contribution is 2.37. The van der Waals surface area contributed by atoms with Gasteiger partial charge in [-0.2, -0.15) is 0 Å². The Labute approximate surface area is 101 Å². The first-order chi connectivity index (χ1) is 7.48. The van der Waals surface area contributed by atoms with Crippen LogP contribution >= 0.6 is 0 Å². The molecular formula is C14H28N2. The zero-order chi connectivity index (χ0) is 11.8. The average molecular weight is 224 g/mol. The van der Waals surface area contributed by atoms with Crippen LogP contribution in [0.4, 0.5) is 0 Å². The summed E-state index contributed by atoms with van der Waals surface area (Å²) in [6.45, 7) is 9.53. The largest absolute Gasteiger partial charge is 0.252 e. The molecule has 0 amide bonds. The number of rotatable bonds is 2. The number of nitrogens with zero attached hydrogens (tertiary/aromatic N) is 1. The Hall–Kier alpha value is -0.0800. The fourth-order valence-electron chi connectivity index (χ4n) is 3.43. The highest BCUT2D eigenvalue weighted by molar-refractivity contribution is 4.87. The van der Waals surface area contributed by atoms with Gasteiger partial charge in [-0.25, -0.2) is 5.01 Å². The Morgan fingerprint density at radius 2 is 1.69 bits per heavy atom. The smallest absolute Gasteiger partial charge is 0.0220 e. The number of piperidine rings is 1. The Kier molecular flexibility index (Phi) is 3.60. The molecule has 0 aromatic rings. The first-order valence-corrected chi connectivity index (χ1v) is 7.02. The summed E-state index contributed by atoms with van der Waals surface area (Å²) in [5, 5.41) is 2.54. The van der Waals surface area contributed by atoms with Crippen molar-refractivity contribution in [2.75, 3.05) is 0 Å². The van der Waals surface area contributed by atoms with Crippen LogP contribution in [0.15, 0.2) is 0 Å². The summed E-state index contributed by atoms with van der Waals surface area (Å²) in [7, 11) is 0. The van der Waals surface area contributed by atoms with Crippen LogP contribution < -0.4 is 5.43 Å². The lowest BCUT2D eigenvalue weighted by molar-refractivity contribution is 0.0289. The molecule has 94 valence electrons. The third-order valence-electron chi connectivity index (χ3n) is 4.49. The van der Waals surface area contributed by atoms with Gasteiger partial charge in [0.05, 0.1) is 0 Å². The van der Waals surface area contributed by atoms with Gasteiger partial charge in [-0.05, 0) is 51.4 Å². The molecule has 1 aliphatic heterocycles. The Morgan fingerprint density at radius 3 is 2.19 bits per heavy atom. The van der Waals surface area contributed by atoms with Crippen LogP contribution in [0.25, 0.3) is 0 Å². The molecule has 0 aromatic carbocycles. The first-order valence-electron chi connectivity index (χ1n) is 7.02. The maximum Gasteiger partial charge on any atom is 0.0220 e. The average Bonchev–Trinajstić information content (AvgIpc) is 2.52. The lowest BCUT2D eigenvalue weighted by Gasteiger charge is -2.41. The van der Waals surface area contributed by atoms with E-state index < -0.39 is 0 Å².